The number of halogens is 3. The maximum atomic E-state index is 13.5. The fourth-order valence-corrected chi connectivity index (χ4v) is 3.29. The number of hydrogen-bond donors (Lipinski definition) is 2. The third kappa shape index (κ3) is 6.69. The quantitative estimate of drug-likeness (QED) is 0.486. The number of alkyl carbamates (subject to hydrolysis) is 1. The van der Waals surface area contributed by atoms with Crippen LogP contribution in [0.5, 0.6) is 0 Å². The van der Waals surface area contributed by atoms with Crippen LogP contribution in [0.25, 0.3) is 22.0 Å². The van der Waals surface area contributed by atoms with E-state index in [1.165, 1.54) is 12.1 Å². The van der Waals surface area contributed by atoms with Crippen molar-refractivity contribution in [1.82, 2.24) is 10.3 Å². The summed E-state index contributed by atoms with van der Waals surface area (Å²) in [7, 11) is 0. The van der Waals surface area contributed by atoms with Gasteiger partial charge in [0.1, 0.15) is 17.3 Å². The summed E-state index contributed by atoms with van der Waals surface area (Å²) in [6.45, 7) is 4.94. The first-order chi connectivity index (χ1) is 16.4. The van der Waals surface area contributed by atoms with Crippen molar-refractivity contribution in [3.63, 3.8) is 0 Å². The van der Waals surface area contributed by atoms with Crippen LogP contribution < -0.4 is 10.6 Å². The number of nitriles is 1. The van der Waals surface area contributed by atoms with Crippen molar-refractivity contribution in [1.29, 1.82) is 5.26 Å². The van der Waals surface area contributed by atoms with Crippen molar-refractivity contribution in [3.05, 3.63) is 60.3 Å². The van der Waals surface area contributed by atoms with Crippen molar-refractivity contribution in [2.24, 2.45) is 0 Å². The number of rotatable bonds is 5. The van der Waals surface area contributed by atoms with E-state index in [9.17, 15) is 22.8 Å². The lowest BCUT2D eigenvalue weighted by Gasteiger charge is -2.22. The van der Waals surface area contributed by atoms with Gasteiger partial charge in [-0.3, -0.25) is 4.79 Å². The highest BCUT2D eigenvalue weighted by molar-refractivity contribution is 6.01. The molecule has 3 aromatic rings. The van der Waals surface area contributed by atoms with Gasteiger partial charge >= 0.3 is 12.3 Å². The number of anilines is 1. The van der Waals surface area contributed by atoms with E-state index in [0.29, 0.717) is 16.5 Å². The van der Waals surface area contributed by atoms with Crippen LogP contribution in [0.1, 0.15) is 32.9 Å². The number of carbonyl (C=O) groups excluding carboxylic acids is 2. The van der Waals surface area contributed by atoms with Crippen LogP contribution in [0, 0.1) is 11.3 Å². The first kappa shape index (κ1) is 25.5. The highest BCUT2D eigenvalue weighted by Gasteiger charge is 2.33. The zero-order valence-corrected chi connectivity index (χ0v) is 19.2. The Hall–Kier alpha value is -4.13. The zero-order valence-electron chi connectivity index (χ0n) is 19.2. The van der Waals surface area contributed by atoms with E-state index in [0.717, 1.165) is 6.07 Å². The molecule has 35 heavy (non-hydrogen) atoms. The number of carbonyl (C=O) groups is 2. The van der Waals surface area contributed by atoms with E-state index >= 15 is 0 Å². The lowest BCUT2D eigenvalue weighted by Crippen LogP contribution is -2.45. The summed E-state index contributed by atoms with van der Waals surface area (Å²) in [5.74, 6) is -0.730. The number of benzene rings is 2. The largest absolute Gasteiger partial charge is 0.444 e. The molecular formula is C25H23F3N4O3. The predicted octanol–water partition coefficient (Wildman–Crippen LogP) is 5.67. The number of amides is 2. The van der Waals surface area contributed by atoms with Gasteiger partial charge in [-0.15, -0.1) is 0 Å². The van der Waals surface area contributed by atoms with Gasteiger partial charge in [0.15, 0.2) is 0 Å². The third-order valence-electron chi connectivity index (χ3n) is 4.76. The van der Waals surface area contributed by atoms with Gasteiger partial charge in [0, 0.05) is 11.1 Å². The highest BCUT2D eigenvalue weighted by Crippen LogP contribution is 2.36. The summed E-state index contributed by atoms with van der Waals surface area (Å²) < 4.78 is 45.7. The number of fused-ring (bicyclic) bond motifs is 1. The standard InChI is InChI=1S/C25H23F3N4O3/c1-24(2,3)35-23(34)32-19(11-12-29)22(33)30-16-9-10-17-18(15-7-5-4-6-8-15)14-21(25(26,27)28)31-20(17)13-16/h4-10,13-14,19H,11H2,1-3H3,(H,30,33)(H,32,34)/t19-/m1/s1. The molecule has 1 atom stereocenters. The molecule has 2 amide bonds. The van der Waals surface area contributed by atoms with E-state index in [-0.39, 0.29) is 17.6 Å². The number of nitrogens with one attached hydrogen (secondary N) is 2. The van der Waals surface area contributed by atoms with Gasteiger partial charge in [-0.25, -0.2) is 9.78 Å². The summed E-state index contributed by atoms with van der Waals surface area (Å²) in [5, 5.41) is 14.4. The Kier molecular flexibility index (Phi) is 7.29. The lowest BCUT2D eigenvalue weighted by atomic mass is 9.99. The second-order valence-corrected chi connectivity index (χ2v) is 8.70. The number of hydrogen-bond acceptors (Lipinski definition) is 5. The van der Waals surface area contributed by atoms with Crippen molar-refractivity contribution in [2.75, 3.05) is 5.32 Å². The molecule has 0 spiro atoms. The molecule has 7 nitrogen and oxygen atoms in total. The van der Waals surface area contributed by atoms with Crippen molar-refractivity contribution in [3.8, 4) is 17.2 Å². The van der Waals surface area contributed by atoms with Crippen molar-refractivity contribution in [2.45, 2.75) is 45.0 Å². The van der Waals surface area contributed by atoms with Gasteiger partial charge in [0.2, 0.25) is 5.91 Å². The first-order valence-corrected chi connectivity index (χ1v) is 10.6. The Labute approximate surface area is 199 Å². The Morgan fingerprint density at radius 3 is 2.37 bits per heavy atom. The summed E-state index contributed by atoms with van der Waals surface area (Å²) >= 11 is 0. The van der Waals surface area contributed by atoms with E-state index < -0.39 is 35.5 Å². The number of ether oxygens (including phenoxy) is 1. The number of aromatic nitrogens is 1. The molecular weight excluding hydrogens is 461 g/mol. The van der Waals surface area contributed by atoms with Crippen molar-refractivity contribution >= 4 is 28.6 Å². The molecule has 0 bridgehead atoms. The molecule has 2 N–H and O–H groups in total. The molecule has 0 saturated heterocycles. The SMILES string of the molecule is CC(C)(C)OC(=O)N[C@H](CC#N)C(=O)Nc1ccc2c(-c3ccccc3)cc(C(F)(F)F)nc2c1. The lowest BCUT2D eigenvalue weighted by molar-refractivity contribution is -0.140. The minimum Gasteiger partial charge on any atom is -0.444 e. The predicted molar refractivity (Wildman–Crippen MR) is 124 cm³/mol. The normalized spacial score (nSPS) is 12.5. The molecule has 0 saturated carbocycles. The Morgan fingerprint density at radius 2 is 1.77 bits per heavy atom. The minimum absolute atomic E-state index is 0.0217. The Bertz CT molecular complexity index is 1280. The second-order valence-electron chi connectivity index (χ2n) is 8.70. The monoisotopic (exact) mass is 484 g/mol. The van der Waals surface area contributed by atoms with Crippen LogP contribution in [0.4, 0.5) is 23.7 Å². The highest BCUT2D eigenvalue weighted by atomic mass is 19.4. The van der Waals surface area contributed by atoms with E-state index in [2.05, 4.69) is 15.6 Å². The summed E-state index contributed by atoms with van der Waals surface area (Å²) in [6.07, 6.45) is -5.89. The van der Waals surface area contributed by atoms with Crippen LogP contribution >= 0.6 is 0 Å². The molecule has 0 aliphatic carbocycles. The fraction of sp³-hybridized carbons (Fsp3) is 0.280. The topological polar surface area (TPSA) is 104 Å². The molecule has 0 unspecified atom stereocenters. The van der Waals surface area contributed by atoms with Crippen LogP contribution in [0.3, 0.4) is 0 Å². The summed E-state index contributed by atoms with van der Waals surface area (Å²) in [5.41, 5.74) is -0.779. The van der Waals surface area contributed by atoms with Crippen LogP contribution in [-0.2, 0) is 15.7 Å². The van der Waals surface area contributed by atoms with Gasteiger partial charge in [-0.05, 0) is 50.1 Å². The number of nitrogens with zero attached hydrogens (tertiary/aromatic N) is 2. The molecule has 2 aromatic carbocycles. The van der Waals surface area contributed by atoms with Gasteiger partial charge in [-0.1, -0.05) is 36.4 Å². The van der Waals surface area contributed by atoms with Crippen LogP contribution in [0.2, 0.25) is 0 Å². The Balaban J connectivity index is 1.94. The van der Waals surface area contributed by atoms with Gasteiger partial charge < -0.3 is 15.4 Å². The smallest absolute Gasteiger partial charge is 0.433 e. The average molecular weight is 484 g/mol. The maximum absolute atomic E-state index is 13.5. The Morgan fingerprint density at radius 1 is 1.09 bits per heavy atom. The molecule has 1 heterocycles. The second kappa shape index (κ2) is 10.0. The van der Waals surface area contributed by atoms with E-state index in [1.54, 1.807) is 57.2 Å². The van der Waals surface area contributed by atoms with E-state index in [1.807, 2.05) is 6.07 Å². The van der Waals surface area contributed by atoms with E-state index in [4.69, 9.17) is 10.00 Å². The molecule has 0 fully saturated rings. The first-order valence-electron chi connectivity index (χ1n) is 10.6. The van der Waals surface area contributed by atoms with Gasteiger partial charge in [0.25, 0.3) is 0 Å². The molecule has 0 aliphatic heterocycles. The molecule has 10 heteroatoms. The average Bonchev–Trinajstić information content (AvgIpc) is 2.76. The fourth-order valence-electron chi connectivity index (χ4n) is 3.29. The van der Waals surface area contributed by atoms with Gasteiger partial charge in [-0.2, -0.15) is 18.4 Å². The molecule has 3 rings (SSSR count). The summed E-state index contributed by atoms with van der Waals surface area (Å²) in [6, 6.07) is 14.5. The molecule has 182 valence electrons. The summed E-state index contributed by atoms with van der Waals surface area (Å²) in [4.78, 5) is 28.5. The molecule has 1 aromatic heterocycles. The van der Waals surface area contributed by atoms with Crippen LogP contribution in [0.15, 0.2) is 54.6 Å². The molecule has 0 radical (unpaired) electrons. The van der Waals surface area contributed by atoms with Crippen molar-refractivity contribution < 1.29 is 27.5 Å². The molecule has 0 aliphatic rings. The third-order valence-corrected chi connectivity index (χ3v) is 4.76. The van der Waals surface area contributed by atoms with Gasteiger partial charge in [0.05, 0.1) is 18.0 Å². The number of pyridine rings is 1. The van der Waals surface area contributed by atoms with Crippen LogP contribution in [-0.4, -0.2) is 28.6 Å². The minimum atomic E-state index is -4.67. The maximum Gasteiger partial charge on any atom is 0.433 e. The number of alkyl halides is 3. The zero-order chi connectivity index (χ0) is 25.8.